The fourth-order valence-electron chi connectivity index (χ4n) is 3.65. The Kier molecular flexibility index (Phi) is 4.99. The van der Waals surface area contributed by atoms with Gasteiger partial charge in [0.25, 0.3) is 5.56 Å². The Morgan fingerprint density at radius 2 is 2.26 bits per heavy atom. The minimum Gasteiger partial charge on any atom is -0.361 e. The van der Waals surface area contributed by atoms with Crippen molar-refractivity contribution >= 4 is 33.3 Å². The van der Waals surface area contributed by atoms with Crippen molar-refractivity contribution in [3.8, 4) is 0 Å². The molecule has 0 N–H and O–H groups in total. The fourth-order valence-corrected chi connectivity index (χ4v) is 6.24. The fraction of sp³-hybridized carbons (Fsp3) is 0.450. The molecule has 0 saturated heterocycles. The molecule has 4 rings (SSSR count). The van der Waals surface area contributed by atoms with E-state index in [1.54, 1.807) is 33.7 Å². The van der Waals surface area contributed by atoms with Gasteiger partial charge in [0, 0.05) is 22.7 Å². The summed E-state index contributed by atoms with van der Waals surface area (Å²) in [6, 6.07) is 0. The summed E-state index contributed by atoms with van der Waals surface area (Å²) in [4.78, 5) is 20.4. The minimum absolute atomic E-state index is 0.0632. The van der Waals surface area contributed by atoms with E-state index in [0.29, 0.717) is 18.2 Å². The van der Waals surface area contributed by atoms with Gasteiger partial charge in [-0.05, 0) is 44.6 Å². The van der Waals surface area contributed by atoms with E-state index in [4.69, 9.17) is 9.51 Å². The number of nitrogens with zero attached hydrogens (tertiary/aromatic N) is 3. The zero-order chi connectivity index (χ0) is 19.1. The summed E-state index contributed by atoms with van der Waals surface area (Å²) >= 11 is 3.25. The molecule has 0 aromatic carbocycles. The predicted octanol–water partition coefficient (Wildman–Crippen LogP) is 4.67. The first-order chi connectivity index (χ1) is 13.0. The molecule has 0 spiro atoms. The molecule has 3 aromatic rings. The molecule has 142 valence electrons. The molecule has 0 unspecified atom stereocenters. The van der Waals surface area contributed by atoms with E-state index in [2.05, 4.69) is 18.7 Å². The van der Waals surface area contributed by atoms with Crippen LogP contribution in [0.2, 0.25) is 0 Å². The van der Waals surface area contributed by atoms with Crippen molar-refractivity contribution in [1.82, 2.24) is 14.7 Å². The molecule has 0 bridgehead atoms. The average Bonchev–Trinajstić information content (AvgIpc) is 3.15. The maximum atomic E-state index is 13.3. The van der Waals surface area contributed by atoms with Crippen LogP contribution in [0.5, 0.6) is 0 Å². The van der Waals surface area contributed by atoms with Crippen LogP contribution in [0.3, 0.4) is 0 Å². The highest BCUT2D eigenvalue weighted by molar-refractivity contribution is 7.98. The van der Waals surface area contributed by atoms with Crippen LogP contribution in [-0.4, -0.2) is 14.7 Å². The third-order valence-electron chi connectivity index (χ3n) is 5.22. The number of hydrogen-bond donors (Lipinski definition) is 0. The predicted molar refractivity (Wildman–Crippen MR) is 111 cm³/mol. The summed E-state index contributed by atoms with van der Waals surface area (Å²) in [6.07, 6.45) is 4.93. The highest BCUT2D eigenvalue weighted by atomic mass is 32.2. The normalized spacial score (nSPS) is 16.6. The Hall–Kier alpha value is -1.86. The van der Waals surface area contributed by atoms with Crippen molar-refractivity contribution in [1.29, 1.82) is 0 Å². The first-order valence-electron chi connectivity index (χ1n) is 9.20. The minimum atomic E-state index is 0.0632. The van der Waals surface area contributed by atoms with Crippen molar-refractivity contribution < 1.29 is 4.52 Å². The van der Waals surface area contributed by atoms with Crippen LogP contribution in [0, 0.1) is 19.8 Å². The Balaban J connectivity index is 1.79. The number of rotatable bonds is 5. The summed E-state index contributed by atoms with van der Waals surface area (Å²) in [5.74, 6) is 2.17. The van der Waals surface area contributed by atoms with E-state index in [0.717, 1.165) is 51.7 Å². The lowest BCUT2D eigenvalue weighted by atomic mass is 9.89. The Labute approximate surface area is 166 Å². The van der Waals surface area contributed by atoms with Gasteiger partial charge in [-0.25, -0.2) is 4.98 Å². The lowest BCUT2D eigenvalue weighted by Gasteiger charge is -2.17. The topological polar surface area (TPSA) is 60.9 Å². The quantitative estimate of drug-likeness (QED) is 0.353. The summed E-state index contributed by atoms with van der Waals surface area (Å²) < 4.78 is 7.01. The van der Waals surface area contributed by atoms with Crippen LogP contribution in [-0.2, 0) is 25.1 Å². The third-order valence-corrected chi connectivity index (χ3v) is 7.37. The zero-order valence-corrected chi connectivity index (χ0v) is 17.5. The molecule has 0 saturated carbocycles. The largest absolute Gasteiger partial charge is 0.361 e. The van der Waals surface area contributed by atoms with E-state index in [1.165, 1.54) is 10.4 Å². The first kappa shape index (κ1) is 18.5. The van der Waals surface area contributed by atoms with E-state index >= 15 is 0 Å². The Morgan fingerprint density at radius 3 is 2.96 bits per heavy atom. The third kappa shape index (κ3) is 3.27. The number of aryl methyl sites for hydroxylation is 3. The Morgan fingerprint density at radius 1 is 1.44 bits per heavy atom. The van der Waals surface area contributed by atoms with Gasteiger partial charge in [-0.1, -0.05) is 29.9 Å². The smallest absolute Gasteiger partial charge is 0.263 e. The van der Waals surface area contributed by atoms with E-state index in [-0.39, 0.29) is 5.56 Å². The molecule has 0 fully saturated rings. The van der Waals surface area contributed by atoms with Crippen molar-refractivity contribution in [3.63, 3.8) is 0 Å². The van der Waals surface area contributed by atoms with E-state index in [9.17, 15) is 4.79 Å². The molecule has 1 atom stereocenters. The van der Waals surface area contributed by atoms with Crippen molar-refractivity contribution in [2.75, 3.05) is 0 Å². The molecule has 1 aliphatic carbocycles. The van der Waals surface area contributed by atoms with Gasteiger partial charge >= 0.3 is 0 Å². The highest BCUT2D eigenvalue weighted by Gasteiger charge is 2.24. The molecule has 3 heterocycles. The molecule has 0 radical (unpaired) electrons. The van der Waals surface area contributed by atoms with Gasteiger partial charge in [0.05, 0.1) is 11.1 Å². The molecule has 3 aromatic heterocycles. The first-order valence-corrected chi connectivity index (χ1v) is 11.0. The summed E-state index contributed by atoms with van der Waals surface area (Å²) in [7, 11) is 0. The highest BCUT2D eigenvalue weighted by Crippen LogP contribution is 2.37. The number of hydrogen-bond acceptors (Lipinski definition) is 6. The van der Waals surface area contributed by atoms with Crippen LogP contribution >= 0.6 is 23.1 Å². The summed E-state index contributed by atoms with van der Waals surface area (Å²) in [5, 5.41) is 5.57. The SMILES string of the molecule is C=CCn1c(SCc2c(C)noc2C)nc2sc3c(c2c1=O)CC[C@@H](C)C3. The number of allylic oxidation sites excluding steroid dienone is 1. The van der Waals surface area contributed by atoms with Crippen molar-refractivity contribution in [3.05, 3.63) is 50.5 Å². The van der Waals surface area contributed by atoms with Gasteiger partial charge < -0.3 is 4.52 Å². The molecule has 7 heteroatoms. The lowest BCUT2D eigenvalue weighted by Crippen LogP contribution is -2.23. The number of thioether (sulfide) groups is 1. The second kappa shape index (κ2) is 7.28. The maximum absolute atomic E-state index is 13.3. The van der Waals surface area contributed by atoms with Gasteiger partial charge in [-0.2, -0.15) is 0 Å². The average molecular weight is 402 g/mol. The molecule has 0 aliphatic heterocycles. The lowest BCUT2D eigenvalue weighted by molar-refractivity contribution is 0.392. The van der Waals surface area contributed by atoms with Crippen LogP contribution in [0.15, 0.2) is 27.1 Å². The van der Waals surface area contributed by atoms with Gasteiger partial charge in [-0.3, -0.25) is 9.36 Å². The van der Waals surface area contributed by atoms with Crippen LogP contribution in [0.1, 0.15) is 40.8 Å². The van der Waals surface area contributed by atoms with Crippen LogP contribution < -0.4 is 5.56 Å². The molecular formula is C20H23N3O2S2. The van der Waals surface area contributed by atoms with Gasteiger partial charge in [-0.15, -0.1) is 17.9 Å². The Bertz CT molecular complexity index is 1060. The van der Waals surface area contributed by atoms with Gasteiger partial charge in [0.2, 0.25) is 0 Å². The molecule has 5 nitrogen and oxygen atoms in total. The monoisotopic (exact) mass is 401 g/mol. The second-order valence-electron chi connectivity index (χ2n) is 7.22. The van der Waals surface area contributed by atoms with Gasteiger partial charge in [0.15, 0.2) is 5.16 Å². The zero-order valence-electron chi connectivity index (χ0n) is 15.9. The van der Waals surface area contributed by atoms with Gasteiger partial charge in [0.1, 0.15) is 10.6 Å². The standard InChI is InChI=1S/C20H23N3O2S2/c1-5-8-23-19(24)17-14-7-6-11(2)9-16(14)27-18(17)21-20(23)26-10-15-12(3)22-25-13(15)4/h5,11H,1,6-10H2,2-4H3/t11-/m1/s1. The molecular weight excluding hydrogens is 378 g/mol. The maximum Gasteiger partial charge on any atom is 0.263 e. The van der Waals surface area contributed by atoms with Crippen molar-refractivity contribution in [2.45, 2.75) is 57.5 Å². The molecule has 1 aliphatic rings. The van der Waals surface area contributed by atoms with Crippen molar-refractivity contribution in [2.24, 2.45) is 5.92 Å². The number of aromatic nitrogens is 3. The molecule has 0 amide bonds. The second-order valence-corrected chi connectivity index (χ2v) is 9.25. The summed E-state index contributed by atoms with van der Waals surface area (Å²) in [6.45, 7) is 10.4. The van der Waals surface area contributed by atoms with Crippen LogP contribution in [0.4, 0.5) is 0 Å². The van der Waals surface area contributed by atoms with E-state index < -0.39 is 0 Å². The number of fused-ring (bicyclic) bond motifs is 3. The van der Waals surface area contributed by atoms with E-state index in [1.807, 2.05) is 13.8 Å². The van der Waals surface area contributed by atoms with Crippen LogP contribution in [0.25, 0.3) is 10.2 Å². The molecule has 27 heavy (non-hydrogen) atoms. The number of thiophene rings is 1. The summed E-state index contributed by atoms with van der Waals surface area (Å²) in [5.41, 5.74) is 3.25.